The van der Waals surface area contributed by atoms with E-state index in [1.807, 2.05) is 6.07 Å². The van der Waals surface area contributed by atoms with Crippen LogP contribution in [0.25, 0.3) is 0 Å². The highest BCUT2D eigenvalue weighted by atomic mass is 32.1. The highest BCUT2D eigenvalue weighted by molar-refractivity contribution is 7.09. The van der Waals surface area contributed by atoms with E-state index in [9.17, 15) is 5.11 Å². The Morgan fingerprint density at radius 3 is 2.75 bits per heavy atom. The molecule has 0 aliphatic carbocycles. The molecule has 2 rings (SSSR count). The van der Waals surface area contributed by atoms with Gasteiger partial charge in [0.15, 0.2) is 0 Å². The van der Waals surface area contributed by atoms with Crippen molar-refractivity contribution in [3.63, 3.8) is 0 Å². The molecule has 0 saturated carbocycles. The predicted octanol–water partition coefficient (Wildman–Crippen LogP) is 3.48. The Morgan fingerprint density at radius 2 is 2.10 bits per heavy atom. The fraction of sp³-hybridized carbons (Fsp3) is 0.412. The average Bonchev–Trinajstić information content (AvgIpc) is 2.93. The van der Waals surface area contributed by atoms with Crippen molar-refractivity contribution in [1.82, 2.24) is 0 Å². The van der Waals surface area contributed by atoms with Gasteiger partial charge in [-0.05, 0) is 43.2 Å². The first kappa shape index (κ1) is 15.2. The van der Waals surface area contributed by atoms with E-state index in [0.717, 1.165) is 24.8 Å². The highest BCUT2D eigenvalue weighted by Gasteiger charge is 2.19. The lowest BCUT2D eigenvalue weighted by molar-refractivity contribution is 0.133. The molecule has 20 heavy (non-hydrogen) atoms. The van der Waals surface area contributed by atoms with E-state index in [2.05, 4.69) is 42.6 Å². The molecule has 0 aliphatic rings. The van der Waals surface area contributed by atoms with Crippen LogP contribution in [0.1, 0.15) is 34.8 Å². The quantitative estimate of drug-likeness (QED) is 0.819. The van der Waals surface area contributed by atoms with Gasteiger partial charge < -0.3 is 10.8 Å². The van der Waals surface area contributed by atoms with E-state index in [1.165, 1.54) is 10.4 Å². The number of hydrogen-bond donors (Lipinski definition) is 2. The van der Waals surface area contributed by atoms with Crippen molar-refractivity contribution in [3.05, 3.63) is 57.8 Å². The van der Waals surface area contributed by atoms with Crippen molar-refractivity contribution in [2.24, 2.45) is 5.73 Å². The van der Waals surface area contributed by atoms with Gasteiger partial charge >= 0.3 is 0 Å². The number of rotatable bonds is 7. The maximum atomic E-state index is 10.4. The number of nitrogens with two attached hydrogens (primary N) is 1. The minimum atomic E-state index is -0.359. The van der Waals surface area contributed by atoms with E-state index in [0.29, 0.717) is 6.54 Å². The van der Waals surface area contributed by atoms with Crippen molar-refractivity contribution < 1.29 is 5.11 Å². The summed E-state index contributed by atoms with van der Waals surface area (Å²) in [6.07, 6.45) is 2.49. The molecule has 1 aromatic carbocycles. The molecule has 0 spiro atoms. The number of aliphatic hydroxyl groups is 1. The van der Waals surface area contributed by atoms with Crippen molar-refractivity contribution >= 4 is 11.3 Å². The predicted molar refractivity (Wildman–Crippen MR) is 86.2 cm³/mol. The Morgan fingerprint density at radius 1 is 1.25 bits per heavy atom. The second kappa shape index (κ2) is 7.58. The van der Waals surface area contributed by atoms with Crippen LogP contribution >= 0.6 is 11.3 Å². The van der Waals surface area contributed by atoms with Crippen molar-refractivity contribution in [2.75, 3.05) is 6.54 Å². The van der Waals surface area contributed by atoms with Gasteiger partial charge in [0, 0.05) is 17.3 Å². The highest BCUT2D eigenvalue weighted by Crippen LogP contribution is 2.23. The maximum absolute atomic E-state index is 10.4. The number of hydrogen-bond acceptors (Lipinski definition) is 3. The van der Waals surface area contributed by atoms with Gasteiger partial charge in [0.1, 0.15) is 0 Å². The van der Waals surface area contributed by atoms with Gasteiger partial charge in [-0.15, -0.1) is 11.3 Å². The summed E-state index contributed by atoms with van der Waals surface area (Å²) < 4.78 is 0. The molecule has 1 heterocycles. The number of benzene rings is 1. The van der Waals surface area contributed by atoms with Crippen LogP contribution in [0.3, 0.4) is 0 Å². The topological polar surface area (TPSA) is 46.2 Å². The number of aliphatic hydroxyl groups excluding tert-OH is 1. The Bertz CT molecular complexity index is 509. The van der Waals surface area contributed by atoms with Crippen LogP contribution in [0.15, 0.2) is 41.8 Å². The van der Waals surface area contributed by atoms with Crippen LogP contribution < -0.4 is 5.73 Å². The SMILES string of the molecule is Cc1cccc(C(CN)C(O)CCCc2cccs2)c1. The summed E-state index contributed by atoms with van der Waals surface area (Å²) in [7, 11) is 0. The minimum Gasteiger partial charge on any atom is -0.392 e. The third-order valence-corrected chi connectivity index (χ3v) is 4.63. The second-order valence-electron chi connectivity index (χ2n) is 5.30. The molecule has 0 bridgehead atoms. The normalized spacial score (nSPS) is 14.2. The summed E-state index contributed by atoms with van der Waals surface area (Å²) in [5, 5.41) is 12.5. The average molecular weight is 289 g/mol. The molecule has 0 amide bonds. The first-order chi connectivity index (χ1) is 9.70. The van der Waals surface area contributed by atoms with E-state index < -0.39 is 0 Å². The van der Waals surface area contributed by atoms with Gasteiger partial charge in [0.2, 0.25) is 0 Å². The first-order valence-corrected chi connectivity index (χ1v) is 8.05. The van der Waals surface area contributed by atoms with E-state index in [1.54, 1.807) is 11.3 Å². The molecule has 2 atom stereocenters. The zero-order valence-electron chi connectivity index (χ0n) is 12.0. The zero-order valence-corrected chi connectivity index (χ0v) is 12.8. The molecule has 2 unspecified atom stereocenters. The Hall–Kier alpha value is -1.16. The summed E-state index contributed by atoms with van der Waals surface area (Å²) in [4.78, 5) is 1.39. The Kier molecular flexibility index (Phi) is 5.77. The van der Waals surface area contributed by atoms with Crippen molar-refractivity contribution in [2.45, 2.75) is 38.2 Å². The van der Waals surface area contributed by atoms with Gasteiger partial charge in [-0.2, -0.15) is 0 Å². The molecular weight excluding hydrogens is 266 g/mol. The lowest BCUT2D eigenvalue weighted by Crippen LogP contribution is -2.26. The molecular formula is C17H23NOS. The van der Waals surface area contributed by atoms with Gasteiger partial charge in [0.05, 0.1) is 6.10 Å². The summed E-state index contributed by atoms with van der Waals surface area (Å²) in [5.74, 6) is 0.0400. The Labute approximate surface area is 125 Å². The molecule has 0 aliphatic heterocycles. The van der Waals surface area contributed by atoms with Crippen molar-refractivity contribution in [1.29, 1.82) is 0 Å². The Balaban J connectivity index is 1.90. The van der Waals surface area contributed by atoms with Crippen molar-refractivity contribution in [3.8, 4) is 0 Å². The van der Waals surface area contributed by atoms with Gasteiger partial charge in [0.25, 0.3) is 0 Å². The lowest BCUT2D eigenvalue weighted by atomic mass is 9.89. The summed E-state index contributed by atoms with van der Waals surface area (Å²) >= 11 is 1.78. The number of thiophene rings is 1. The molecule has 3 heteroatoms. The fourth-order valence-corrected chi connectivity index (χ4v) is 3.31. The van der Waals surface area contributed by atoms with Crippen LogP contribution in [0.5, 0.6) is 0 Å². The molecule has 0 radical (unpaired) electrons. The monoisotopic (exact) mass is 289 g/mol. The first-order valence-electron chi connectivity index (χ1n) is 7.18. The van der Waals surface area contributed by atoms with Gasteiger partial charge in [-0.3, -0.25) is 0 Å². The smallest absolute Gasteiger partial charge is 0.0621 e. The molecule has 3 N–H and O–H groups in total. The summed E-state index contributed by atoms with van der Waals surface area (Å²) in [6.45, 7) is 2.56. The van der Waals surface area contributed by atoms with Crippen LogP contribution in [0.2, 0.25) is 0 Å². The van der Waals surface area contributed by atoms with Crippen LogP contribution in [-0.4, -0.2) is 17.8 Å². The molecule has 0 saturated heterocycles. The lowest BCUT2D eigenvalue weighted by Gasteiger charge is -2.22. The molecule has 108 valence electrons. The molecule has 2 aromatic rings. The number of aryl methyl sites for hydroxylation is 2. The fourth-order valence-electron chi connectivity index (χ4n) is 2.56. The van der Waals surface area contributed by atoms with Crippen LogP contribution in [0, 0.1) is 6.92 Å². The van der Waals surface area contributed by atoms with E-state index in [4.69, 9.17) is 5.73 Å². The van der Waals surface area contributed by atoms with E-state index >= 15 is 0 Å². The van der Waals surface area contributed by atoms with Gasteiger partial charge in [-0.25, -0.2) is 0 Å². The third-order valence-electron chi connectivity index (χ3n) is 3.69. The third kappa shape index (κ3) is 4.17. The maximum Gasteiger partial charge on any atom is 0.0621 e. The molecule has 2 nitrogen and oxygen atoms in total. The molecule has 0 fully saturated rings. The van der Waals surface area contributed by atoms with Crippen LogP contribution in [-0.2, 0) is 6.42 Å². The van der Waals surface area contributed by atoms with Gasteiger partial charge in [-0.1, -0.05) is 35.9 Å². The minimum absolute atomic E-state index is 0.0400. The van der Waals surface area contributed by atoms with Crippen LogP contribution in [0.4, 0.5) is 0 Å². The largest absolute Gasteiger partial charge is 0.392 e. The summed E-state index contributed by atoms with van der Waals surface area (Å²) in [6, 6.07) is 12.5. The summed E-state index contributed by atoms with van der Waals surface area (Å²) in [5.41, 5.74) is 8.23. The zero-order chi connectivity index (χ0) is 14.4. The molecule has 1 aromatic heterocycles. The second-order valence-corrected chi connectivity index (χ2v) is 6.33. The van der Waals surface area contributed by atoms with E-state index in [-0.39, 0.29) is 12.0 Å². The standard InChI is InChI=1S/C17H23NOS/c1-13-5-2-6-14(11-13)16(12-18)17(19)9-3-7-15-8-4-10-20-15/h2,4-6,8,10-11,16-17,19H,3,7,9,12,18H2,1H3.